The van der Waals surface area contributed by atoms with Crippen LogP contribution in [0.1, 0.15) is 26.2 Å². The molecule has 0 nitrogen and oxygen atoms in total. The lowest BCUT2D eigenvalue weighted by molar-refractivity contribution is 0.590. The van der Waals surface area contributed by atoms with Crippen LogP contribution in [0.15, 0.2) is 0 Å². The van der Waals surface area contributed by atoms with Crippen molar-refractivity contribution in [3.05, 3.63) is 0 Å². The Balaban J connectivity index is 2.11. The Labute approximate surface area is 44.9 Å². The summed E-state index contributed by atoms with van der Waals surface area (Å²) in [5.41, 5.74) is 0. The van der Waals surface area contributed by atoms with E-state index in [1.807, 2.05) is 0 Å². The summed E-state index contributed by atoms with van der Waals surface area (Å²) < 4.78 is 0. The molecule has 7 heavy (non-hydrogen) atoms. The summed E-state index contributed by atoms with van der Waals surface area (Å²) >= 11 is 0. The topological polar surface area (TPSA) is 0 Å². The van der Waals surface area contributed by atoms with Crippen molar-refractivity contribution >= 4 is 0 Å². The van der Waals surface area contributed by atoms with Crippen molar-refractivity contribution in [2.75, 3.05) is 0 Å². The summed E-state index contributed by atoms with van der Waals surface area (Å²) in [5.74, 6) is 6.86. The van der Waals surface area contributed by atoms with Crippen molar-refractivity contribution in [3.8, 4) is 11.8 Å². The van der Waals surface area contributed by atoms with Gasteiger partial charge in [-0.1, -0.05) is 19.3 Å². The molecule has 0 heteroatoms. The monoisotopic (exact) mass is 94.1 g/mol. The van der Waals surface area contributed by atoms with Crippen molar-refractivity contribution in [1.29, 1.82) is 0 Å². The first-order valence-electron chi connectivity index (χ1n) is 2.92. The van der Waals surface area contributed by atoms with Gasteiger partial charge in [0.1, 0.15) is 0 Å². The first-order chi connectivity index (χ1) is 3.43. The molecule has 0 bridgehead atoms. The van der Waals surface area contributed by atoms with Crippen molar-refractivity contribution in [1.82, 2.24) is 0 Å². The molecule has 1 aliphatic rings. The third kappa shape index (κ3) is 0.962. The van der Waals surface area contributed by atoms with E-state index in [1.54, 1.807) is 0 Å². The predicted octanol–water partition coefficient (Wildman–Crippen LogP) is 1.81. The Morgan fingerprint density at radius 2 is 2.43 bits per heavy atom. The van der Waals surface area contributed by atoms with Crippen LogP contribution in [0.5, 0.6) is 0 Å². The molecular formula is C7H10. The van der Waals surface area contributed by atoms with Crippen LogP contribution in [0.2, 0.25) is 0 Å². The molecule has 1 atom stereocenters. The highest BCUT2D eigenvalue weighted by atomic mass is 14.1. The molecule has 1 aliphatic carbocycles. The normalized spacial score (nSPS) is 25.0. The van der Waals surface area contributed by atoms with E-state index >= 15 is 0 Å². The van der Waals surface area contributed by atoms with Crippen LogP contribution in [-0.4, -0.2) is 0 Å². The maximum absolute atomic E-state index is 3.10. The molecule has 38 valence electrons. The minimum Gasteiger partial charge on any atom is -0.102 e. The lowest BCUT2D eigenvalue weighted by Gasteiger charge is -2.09. The Hall–Kier alpha value is -0.440. The Bertz CT molecular complexity index is 103. The van der Waals surface area contributed by atoms with Gasteiger partial charge in [0.2, 0.25) is 0 Å². The zero-order valence-electron chi connectivity index (χ0n) is 4.70. The highest BCUT2D eigenvalue weighted by Crippen LogP contribution is 2.14. The smallest absolute Gasteiger partial charge is 0.0312 e. The summed E-state index contributed by atoms with van der Waals surface area (Å²) in [6, 6.07) is 0. The number of hydrogen-bond acceptors (Lipinski definition) is 0. The standard InChI is InChI=1S/C7H10/c1-2-4-7-5-3-6-7/h7H,2,4-5H2,1H3. The van der Waals surface area contributed by atoms with Crippen LogP contribution in [0, 0.1) is 17.8 Å². The molecule has 0 fully saturated rings. The first kappa shape index (κ1) is 4.71. The van der Waals surface area contributed by atoms with Gasteiger partial charge in [-0.3, -0.25) is 0 Å². The average molecular weight is 94.2 g/mol. The van der Waals surface area contributed by atoms with Gasteiger partial charge in [0.15, 0.2) is 0 Å². The van der Waals surface area contributed by atoms with Gasteiger partial charge in [0.25, 0.3) is 0 Å². The van der Waals surface area contributed by atoms with E-state index in [1.165, 1.54) is 12.8 Å². The summed E-state index contributed by atoms with van der Waals surface area (Å²) in [4.78, 5) is 0. The molecule has 0 amide bonds. The Kier molecular flexibility index (Phi) is 1.36. The molecule has 0 saturated carbocycles. The average Bonchev–Trinajstić information content (AvgIpc) is 1.55. The zero-order valence-corrected chi connectivity index (χ0v) is 4.70. The molecule has 0 saturated heterocycles. The van der Waals surface area contributed by atoms with Gasteiger partial charge < -0.3 is 0 Å². The largest absolute Gasteiger partial charge is 0.102 e. The third-order valence-corrected chi connectivity index (χ3v) is 1.29. The lowest BCUT2D eigenvalue weighted by atomic mass is 9.94. The van der Waals surface area contributed by atoms with Crippen molar-refractivity contribution < 1.29 is 0 Å². The quantitative estimate of drug-likeness (QED) is 0.458. The highest BCUT2D eigenvalue weighted by Gasteiger charge is 2.05. The second-order valence-electron chi connectivity index (χ2n) is 2.01. The van der Waals surface area contributed by atoms with Gasteiger partial charge >= 0.3 is 0 Å². The van der Waals surface area contributed by atoms with Crippen LogP contribution in [0.4, 0.5) is 0 Å². The molecule has 0 aliphatic heterocycles. The third-order valence-electron chi connectivity index (χ3n) is 1.29. The number of hydrogen-bond donors (Lipinski definition) is 0. The van der Waals surface area contributed by atoms with Gasteiger partial charge in [-0.2, -0.15) is 0 Å². The summed E-state index contributed by atoms with van der Waals surface area (Å²) in [5, 5.41) is 0. The van der Waals surface area contributed by atoms with E-state index < -0.39 is 0 Å². The van der Waals surface area contributed by atoms with Crippen LogP contribution in [0.25, 0.3) is 0 Å². The molecule has 1 unspecified atom stereocenters. The zero-order chi connectivity index (χ0) is 5.11. The fourth-order valence-corrected chi connectivity index (χ4v) is 0.769. The minimum atomic E-state index is 0.769. The molecular weight excluding hydrogens is 84.1 g/mol. The van der Waals surface area contributed by atoms with Gasteiger partial charge in [-0.25, -0.2) is 0 Å². The first-order valence-corrected chi connectivity index (χ1v) is 2.92. The summed E-state index contributed by atoms with van der Waals surface area (Å²) in [7, 11) is 0. The Morgan fingerprint density at radius 1 is 1.71 bits per heavy atom. The van der Waals surface area contributed by atoms with E-state index in [9.17, 15) is 0 Å². The molecule has 0 spiro atoms. The molecule has 0 aromatic rings. The molecule has 0 aromatic heterocycles. The van der Waals surface area contributed by atoms with Crippen molar-refractivity contribution in [3.63, 3.8) is 0 Å². The van der Waals surface area contributed by atoms with Gasteiger partial charge in [-0.15, -0.1) is 5.92 Å². The summed E-state index contributed by atoms with van der Waals surface area (Å²) in [6.07, 6.45) is 3.76. The maximum Gasteiger partial charge on any atom is 0.0312 e. The van der Waals surface area contributed by atoms with Crippen LogP contribution in [0.3, 0.4) is 0 Å². The van der Waals surface area contributed by atoms with E-state index in [4.69, 9.17) is 0 Å². The van der Waals surface area contributed by atoms with Gasteiger partial charge in [0, 0.05) is 12.3 Å². The molecule has 0 N–H and O–H groups in total. The predicted molar refractivity (Wildman–Crippen MR) is 30.8 cm³/mol. The summed E-state index contributed by atoms with van der Waals surface area (Å²) in [6.45, 7) is 2.21. The van der Waals surface area contributed by atoms with Gasteiger partial charge in [-0.05, 0) is 6.42 Å². The molecule has 0 heterocycles. The molecule has 0 radical (unpaired) electrons. The second kappa shape index (κ2) is 2.02. The van der Waals surface area contributed by atoms with Crippen LogP contribution < -0.4 is 0 Å². The van der Waals surface area contributed by atoms with Crippen LogP contribution >= 0.6 is 0 Å². The lowest BCUT2D eigenvalue weighted by Crippen LogP contribution is -2.01. The molecule has 0 aromatic carbocycles. The fraction of sp³-hybridized carbons (Fsp3) is 0.714. The van der Waals surface area contributed by atoms with E-state index in [2.05, 4.69) is 18.8 Å². The highest BCUT2D eigenvalue weighted by molar-refractivity contribution is 5.16. The number of rotatable bonds is 2. The minimum absolute atomic E-state index is 0.769. The van der Waals surface area contributed by atoms with Gasteiger partial charge in [0.05, 0.1) is 0 Å². The SMILES string of the molecule is CCCC1C#CC1. The van der Waals surface area contributed by atoms with E-state index in [0.29, 0.717) is 0 Å². The maximum atomic E-state index is 3.10. The molecule has 1 rings (SSSR count). The van der Waals surface area contributed by atoms with E-state index in [0.717, 1.165) is 12.3 Å². The fourth-order valence-electron chi connectivity index (χ4n) is 0.769. The van der Waals surface area contributed by atoms with Crippen LogP contribution in [-0.2, 0) is 0 Å². The van der Waals surface area contributed by atoms with E-state index in [-0.39, 0.29) is 0 Å². The van der Waals surface area contributed by atoms with Crippen molar-refractivity contribution in [2.24, 2.45) is 5.92 Å². The second-order valence-corrected chi connectivity index (χ2v) is 2.01. The Morgan fingerprint density at radius 3 is 2.57 bits per heavy atom. The van der Waals surface area contributed by atoms with Crippen molar-refractivity contribution in [2.45, 2.75) is 26.2 Å².